The number of hydrogen-bond donors (Lipinski definition) is 2. The van der Waals surface area contributed by atoms with Gasteiger partial charge in [-0.25, -0.2) is 0 Å². The van der Waals surface area contributed by atoms with Gasteiger partial charge >= 0.3 is 0 Å². The monoisotopic (exact) mass is 213 g/mol. The number of likely N-dealkylation sites (N-methyl/N-ethyl adjacent to an activating group) is 1. The van der Waals surface area contributed by atoms with E-state index < -0.39 is 0 Å². The molecule has 1 aliphatic heterocycles. The molecular weight excluding hydrogens is 198 g/mol. The van der Waals surface area contributed by atoms with Crippen molar-refractivity contribution in [2.75, 3.05) is 20.1 Å². The van der Waals surface area contributed by atoms with Gasteiger partial charge in [-0.15, -0.1) is 12.4 Å². The molecule has 14 heavy (non-hydrogen) atoms. The van der Waals surface area contributed by atoms with Crippen molar-refractivity contribution in [2.45, 2.75) is 12.0 Å². The Morgan fingerprint density at radius 1 is 1.50 bits per heavy atom. The zero-order valence-electron chi connectivity index (χ0n) is 8.29. The van der Waals surface area contributed by atoms with E-state index in [1.165, 1.54) is 0 Å². The number of aromatic nitrogens is 1. The van der Waals surface area contributed by atoms with Gasteiger partial charge in [0, 0.05) is 12.7 Å². The first-order chi connectivity index (χ1) is 6.37. The largest absolute Gasteiger partial charge is 0.314 e. The van der Waals surface area contributed by atoms with Crippen LogP contribution in [-0.4, -0.2) is 25.1 Å². The molecule has 0 spiro atoms. The van der Waals surface area contributed by atoms with Crippen LogP contribution in [0, 0.1) is 0 Å². The van der Waals surface area contributed by atoms with E-state index in [9.17, 15) is 0 Å². The van der Waals surface area contributed by atoms with Gasteiger partial charge in [0.15, 0.2) is 0 Å². The third-order valence-electron chi connectivity index (χ3n) is 2.79. The van der Waals surface area contributed by atoms with E-state index in [1.54, 1.807) is 0 Å². The molecule has 3 nitrogen and oxygen atoms in total. The molecule has 1 saturated heterocycles. The highest BCUT2D eigenvalue weighted by atomic mass is 35.5. The molecule has 0 aromatic carbocycles. The van der Waals surface area contributed by atoms with Crippen LogP contribution < -0.4 is 10.6 Å². The number of hydrogen-bond acceptors (Lipinski definition) is 3. The fourth-order valence-corrected chi connectivity index (χ4v) is 1.90. The van der Waals surface area contributed by atoms with Crippen LogP contribution in [0.5, 0.6) is 0 Å². The van der Waals surface area contributed by atoms with E-state index in [0.717, 1.165) is 25.2 Å². The quantitative estimate of drug-likeness (QED) is 0.767. The molecule has 1 aromatic heterocycles. The Labute approximate surface area is 90.7 Å². The third-order valence-corrected chi connectivity index (χ3v) is 2.79. The lowest BCUT2D eigenvalue weighted by Crippen LogP contribution is -2.42. The van der Waals surface area contributed by atoms with Crippen molar-refractivity contribution in [1.29, 1.82) is 0 Å². The van der Waals surface area contributed by atoms with Crippen LogP contribution in [0.3, 0.4) is 0 Å². The highest BCUT2D eigenvalue weighted by Crippen LogP contribution is 2.24. The summed E-state index contributed by atoms with van der Waals surface area (Å²) in [5.41, 5.74) is 1.20. The van der Waals surface area contributed by atoms with Crippen LogP contribution in [0.4, 0.5) is 0 Å². The maximum absolute atomic E-state index is 4.40. The average Bonchev–Trinajstić information content (AvgIpc) is 2.69. The van der Waals surface area contributed by atoms with E-state index in [2.05, 4.69) is 21.7 Å². The topological polar surface area (TPSA) is 37.0 Å². The van der Waals surface area contributed by atoms with Gasteiger partial charge in [0.05, 0.1) is 11.2 Å². The fraction of sp³-hybridized carbons (Fsp3) is 0.500. The van der Waals surface area contributed by atoms with Gasteiger partial charge in [-0.1, -0.05) is 6.07 Å². The highest BCUT2D eigenvalue weighted by molar-refractivity contribution is 5.85. The first-order valence-electron chi connectivity index (χ1n) is 4.68. The summed E-state index contributed by atoms with van der Waals surface area (Å²) in [6.07, 6.45) is 2.97. The number of rotatable bonds is 2. The molecule has 4 heteroatoms. The molecule has 78 valence electrons. The predicted octanol–water partition coefficient (Wildman–Crippen LogP) is 0.911. The standard InChI is InChI=1S/C10H15N3.ClH/c1-11-10(5-7-12-8-10)9-4-2-3-6-13-9;/h2-4,6,11-12H,5,7-8H2,1H3;1H. The smallest absolute Gasteiger partial charge is 0.0744 e. The maximum atomic E-state index is 4.40. The first kappa shape index (κ1) is 11.4. The summed E-state index contributed by atoms with van der Waals surface area (Å²) in [5.74, 6) is 0. The van der Waals surface area contributed by atoms with Gasteiger partial charge in [-0.2, -0.15) is 0 Å². The molecule has 1 aliphatic rings. The Morgan fingerprint density at radius 3 is 2.86 bits per heavy atom. The lowest BCUT2D eigenvalue weighted by molar-refractivity contribution is 0.387. The van der Waals surface area contributed by atoms with Gasteiger partial charge in [0.2, 0.25) is 0 Å². The second-order valence-electron chi connectivity index (χ2n) is 3.47. The summed E-state index contributed by atoms with van der Waals surface area (Å²) in [4.78, 5) is 4.40. The molecule has 1 aromatic rings. The van der Waals surface area contributed by atoms with Crippen molar-refractivity contribution >= 4 is 12.4 Å². The minimum absolute atomic E-state index is 0. The second-order valence-corrected chi connectivity index (χ2v) is 3.47. The van der Waals surface area contributed by atoms with Crippen molar-refractivity contribution in [1.82, 2.24) is 15.6 Å². The van der Waals surface area contributed by atoms with Crippen molar-refractivity contribution < 1.29 is 0 Å². The molecular formula is C10H16ClN3. The molecule has 0 saturated carbocycles. The molecule has 2 rings (SSSR count). The molecule has 2 heterocycles. The van der Waals surface area contributed by atoms with Crippen LogP contribution >= 0.6 is 12.4 Å². The summed E-state index contributed by atoms with van der Waals surface area (Å²) >= 11 is 0. The van der Waals surface area contributed by atoms with Crippen LogP contribution in [0.2, 0.25) is 0 Å². The number of nitrogens with one attached hydrogen (secondary N) is 2. The minimum Gasteiger partial charge on any atom is -0.314 e. The summed E-state index contributed by atoms with van der Waals surface area (Å²) in [6, 6.07) is 6.08. The third kappa shape index (κ3) is 1.90. The van der Waals surface area contributed by atoms with E-state index in [0.29, 0.717) is 0 Å². The number of halogens is 1. The van der Waals surface area contributed by atoms with Crippen LogP contribution in [-0.2, 0) is 5.54 Å². The molecule has 1 atom stereocenters. The van der Waals surface area contributed by atoms with Crippen molar-refractivity contribution in [3.63, 3.8) is 0 Å². The normalized spacial score (nSPS) is 25.8. The highest BCUT2D eigenvalue weighted by Gasteiger charge is 2.34. The minimum atomic E-state index is 0. The van der Waals surface area contributed by atoms with Crippen molar-refractivity contribution in [2.24, 2.45) is 0 Å². The summed E-state index contributed by atoms with van der Waals surface area (Å²) in [6.45, 7) is 2.04. The van der Waals surface area contributed by atoms with Gasteiger partial charge in [0.1, 0.15) is 0 Å². The zero-order chi connectivity index (χ0) is 9.15. The van der Waals surface area contributed by atoms with Gasteiger partial charge in [-0.05, 0) is 32.1 Å². The van der Waals surface area contributed by atoms with Crippen molar-refractivity contribution in [3.05, 3.63) is 30.1 Å². The van der Waals surface area contributed by atoms with Crippen molar-refractivity contribution in [3.8, 4) is 0 Å². The molecule has 2 N–H and O–H groups in total. The summed E-state index contributed by atoms with van der Waals surface area (Å²) in [5, 5.41) is 6.73. The summed E-state index contributed by atoms with van der Waals surface area (Å²) in [7, 11) is 2.00. The Balaban J connectivity index is 0.000000980. The predicted molar refractivity (Wildman–Crippen MR) is 59.7 cm³/mol. The van der Waals surface area contributed by atoms with Gasteiger partial charge < -0.3 is 10.6 Å². The van der Waals surface area contributed by atoms with E-state index in [-0.39, 0.29) is 17.9 Å². The number of pyridine rings is 1. The average molecular weight is 214 g/mol. The summed E-state index contributed by atoms with van der Waals surface area (Å²) < 4.78 is 0. The SMILES string of the molecule is CNC1(c2ccccn2)CCNC1.Cl. The Hall–Kier alpha value is -0.640. The van der Waals surface area contributed by atoms with Crippen LogP contribution in [0.25, 0.3) is 0 Å². The lowest BCUT2D eigenvalue weighted by atomic mass is 9.94. The second kappa shape index (κ2) is 4.73. The molecule has 0 aliphatic carbocycles. The lowest BCUT2D eigenvalue weighted by Gasteiger charge is -2.26. The molecule has 0 amide bonds. The van der Waals surface area contributed by atoms with E-state index in [4.69, 9.17) is 0 Å². The van der Waals surface area contributed by atoms with Gasteiger partial charge in [0.25, 0.3) is 0 Å². The van der Waals surface area contributed by atoms with Crippen LogP contribution in [0.15, 0.2) is 24.4 Å². The molecule has 0 bridgehead atoms. The number of nitrogens with zero attached hydrogens (tertiary/aromatic N) is 1. The van der Waals surface area contributed by atoms with Gasteiger partial charge in [-0.3, -0.25) is 4.98 Å². The zero-order valence-corrected chi connectivity index (χ0v) is 9.10. The van der Waals surface area contributed by atoms with E-state index in [1.807, 2.05) is 25.4 Å². The van der Waals surface area contributed by atoms with Crippen LogP contribution in [0.1, 0.15) is 12.1 Å². The molecule has 0 radical (unpaired) electrons. The Bertz CT molecular complexity index is 270. The Morgan fingerprint density at radius 2 is 2.36 bits per heavy atom. The molecule has 1 unspecified atom stereocenters. The molecule has 1 fully saturated rings. The first-order valence-corrected chi connectivity index (χ1v) is 4.68. The Kier molecular flexibility index (Phi) is 3.86. The van der Waals surface area contributed by atoms with E-state index >= 15 is 0 Å². The maximum Gasteiger partial charge on any atom is 0.0744 e. The fourth-order valence-electron chi connectivity index (χ4n) is 1.90.